The van der Waals surface area contributed by atoms with E-state index in [1.165, 1.54) is 5.56 Å². The van der Waals surface area contributed by atoms with E-state index in [1.54, 1.807) is 7.11 Å². The molecule has 0 spiro atoms. The summed E-state index contributed by atoms with van der Waals surface area (Å²) in [7, 11) is 1.71. The third kappa shape index (κ3) is 4.95. The second kappa shape index (κ2) is 7.90. The van der Waals surface area contributed by atoms with E-state index in [0.29, 0.717) is 31.5 Å². The Labute approximate surface area is 125 Å². The molecule has 0 saturated heterocycles. The largest absolute Gasteiger partial charge is 0.383 e. The van der Waals surface area contributed by atoms with Crippen molar-refractivity contribution in [3.63, 3.8) is 0 Å². The fourth-order valence-electron chi connectivity index (χ4n) is 2.11. The Morgan fingerprint density at radius 2 is 2.00 bits per heavy atom. The second-order valence-electron chi connectivity index (χ2n) is 5.32. The highest BCUT2D eigenvalue weighted by molar-refractivity contribution is 5.18. The molecule has 0 atom stereocenters. The summed E-state index contributed by atoms with van der Waals surface area (Å²) in [4.78, 5) is 6.73. The van der Waals surface area contributed by atoms with Gasteiger partial charge >= 0.3 is 0 Å². The zero-order chi connectivity index (χ0) is 15.1. The summed E-state index contributed by atoms with van der Waals surface area (Å²) in [6, 6.07) is 10.6. The van der Waals surface area contributed by atoms with Gasteiger partial charge in [-0.2, -0.15) is 4.98 Å². The molecule has 21 heavy (non-hydrogen) atoms. The van der Waals surface area contributed by atoms with Gasteiger partial charge in [-0.15, -0.1) is 0 Å². The van der Waals surface area contributed by atoms with Crippen molar-refractivity contribution in [3.05, 3.63) is 47.6 Å². The monoisotopic (exact) mass is 289 g/mol. The molecule has 1 aromatic heterocycles. The minimum absolute atomic E-state index is 0.407. The summed E-state index contributed by atoms with van der Waals surface area (Å²) in [5, 5.41) is 4.06. The number of aromatic nitrogens is 2. The van der Waals surface area contributed by atoms with E-state index in [4.69, 9.17) is 9.26 Å². The molecule has 0 saturated carbocycles. The molecule has 0 bridgehead atoms. The first-order chi connectivity index (χ1) is 10.2. The number of nitrogens with zero attached hydrogens (tertiary/aromatic N) is 3. The maximum atomic E-state index is 5.35. The smallest absolute Gasteiger partial charge is 0.240 e. The molecule has 0 radical (unpaired) electrons. The Morgan fingerprint density at radius 1 is 1.24 bits per heavy atom. The Bertz CT molecular complexity index is 525. The number of methoxy groups -OCH3 is 1. The van der Waals surface area contributed by atoms with Crippen LogP contribution in [0.15, 0.2) is 34.9 Å². The highest BCUT2D eigenvalue weighted by Gasteiger charge is 2.14. The summed E-state index contributed by atoms with van der Waals surface area (Å²) in [5.41, 5.74) is 1.19. The van der Waals surface area contributed by atoms with Crippen molar-refractivity contribution in [1.29, 1.82) is 0 Å². The molecule has 0 aliphatic rings. The lowest BCUT2D eigenvalue weighted by atomic mass is 10.1. The molecule has 0 N–H and O–H groups in total. The van der Waals surface area contributed by atoms with Crippen molar-refractivity contribution >= 4 is 0 Å². The van der Waals surface area contributed by atoms with Crippen molar-refractivity contribution in [2.75, 3.05) is 20.3 Å². The Kier molecular flexibility index (Phi) is 5.90. The van der Waals surface area contributed by atoms with E-state index >= 15 is 0 Å². The second-order valence-corrected chi connectivity index (χ2v) is 5.32. The summed E-state index contributed by atoms with van der Waals surface area (Å²) < 4.78 is 10.5. The third-order valence-corrected chi connectivity index (χ3v) is 3.37. The molecule has 114 valence electrons. The summed E-state index contributed by atoms with van der Waals surface area (Å²) in [6.07, 6.45) is 0.699. The van der Waals surface area contributed by atoms with Crippen LogP contribution >= 0.6 is 0 Å². The quantitative estimate of drug-likeness (QED) is 0.747. The van der Waals surface area contributed by atoms with Gasteiger partial charge in [0.25, 0.3) is 0 Å². The molecule has 2 aromatic rings. The van der Waals surface area contributed by atoms with Crippen LogP contribution < -0.4 is 0 Å². The van der Waals surface area contributed by atoms with Crippen LogP contribution in [-0.2, 0) is 17.7 Å². The topological polar surface area (TPSA) is 51.4 Å². The zero-order valence-corrected chi connectivity index (χ0v) is 13.0. The van der Waals surface area contributed by atoms with E-state index in [2.05, 4.69) is 41.0 Å². The van der Waals surface area contributed by atoms with Crippen LogP contribution in [0.5, 0.6) is 0 Å². The highest BCUT2D eigenvalue weighted by atomic mass is 16.5. The molecule has 1 aromatic carbocycles. The third-order valence-electron chi connectivity index (χ3n) is 3.37. The zero-order valence-electron chi connectivity index (χ0n) is 13.0. The molecular formula is C16H23N3O2. The van der Waals surface area contributed by atoms with Crippen molar-refractivity contribution in [1.82, 2.24) is 15.0 Å². The van der Waals surface area contributed by atoms with Crippen LogP contribution in [0.4, 0.5) is 0 Å². The van der Waals surface area contributed by atoms with E-state index < -0.39 is 0 Å². The lowest BCUT2D eigenvalue weighted by molar-refractivity contribution is 0.115. The first-order valence-corrected chi connectivity index (χ1v) is 7.27. The predicted octanol–water partition coefficient (Wildman–Crippen LogP) is 2.52. The summed E-state index contributed by atoms with van der Waals surface area (Å²) in [6.45, 7) is 6.50. The average molecular weight is 289 g/mol. The lowest BCUT2D eigenvalue weighted by Gasteiger charge is -2.24. The van der Waals surface area contributed by atoms with Gasteiger partial charge in [0.15, 0.2) is 5.82 Å². The van der Waals surface area contributed by atoms with Gasteiger partial charge in [-0.05, 0) is 19.4 Å². The molecule has 5 nitrogen and oxygen atoms in total. The highest BCUT2D eigenvalue weighted by Crippen LogP contribution is 2.09. The molecule has 0 fully saturated rings. The fraction of sp³-hybridized carbons (Fsp3) is 0.500. The first kappa shape index (κ1) is 15.7. The van der Waals surface area contributed by atoms with Gasteiger partial charge in [-0.25, -0.2) is 0 Å². The molecule has 0 aliphatic heterocycles. The number of hydrogen-bond acceptors (Lipinski definition) is 5. The number of hydrogen-bond donors (Lipinski definition) is 0. The summed E-state index contributed by atoms with van der Waals surface area (Å²) >= 11 is 0. The minimum atomic E-state index is 0.407. The first-order valence-electron chi connectivity index (χ1n) is 7.27. The average Bonchev–Trinajstić information content (AvgIpc) is 2.91. The van der Waals surface area contributed by atoms with Crippen LogP contribution in [0, 0.1) is 0 Å². The number of benzene rings is 1. The van der Waals surface area contributed by atoms with E-state index in [-0.39, 0.29) is 0 Å². The maximum absolute atomic E-state index is 5.35. The normalized spacial score (nSPS) is 11.5. The van der Waals surface area contributed by atoms with Gasteiger partial charge in [0.05, 0.1) is 13.2 Å². The van der Waals surface area contributed by atoms with Gasteiger partial charge in [0.2, 0.25) is 5.89 Å². The molecule has 0 unspecified atom stereocenters. The van der Waals surface area contributed by atoms with Gasteiger partial charge in [0.1, 0.15) is 0 Å². The van der Waals surface area contributed by atoms with Crippen LogP contribution in [0.25, 0.3) is 0 Å². The molecular weight excluding hydrogens is 266 g/mol. The summed E-state index contributed by atoms with van der Waals surface area (Å²) in [5.74, 6) is 1.39. The standard InChI is InChI=1S/C16H23N3O2/c1-13(2)19(9-10-20-3)12-16-17-15(18-21-16)11-14-7-5-4-6-8-14/h4-8,13H,9-12H2,1-3H3. The van der Waals surface area contributed by atoms with E-state index in [1.807, 2.05) is 18.2 Å². The van der Waals surface area contributed by atoms with Crippen LogP contribution in [0.1, 0.15) is 31.1 Å². The van der Waals surface area contributed by atoms with E-state index in [9.17, 15) is 0 Å². The molecule has 1 heterocycles. The molecule has 5 heteroatoms. The predicted molar refractivity (Wildman–Crippen MR) is 81.0 cm³/mol. The van der Waals surface area contributed by atoms with Crippen molar-refractivity contribution in [2.24, 2.45) is 0 Å². The minimum Gasteiger partial charge on any atom is -0.383 e. The maximum Gasteiger partial charge on any atom is 0.240 e. The van der Waals surface area contributed by atoms with Gasteiger partial charge in [0, 0.05) is 26.1 Å². The van der Waals surface area contributed by atoms with Gasteiger partial charge in [-0.1, -0.05) is 35.5 Å². The van der Waals surface area contributed by atoms with Gasteiger partial charge < -0.3 is 9.26 Å². The van der Waals surface area contributed by atoms with Gasteiger partial charge in [-0.3, -0.25) is 4.90 Å². The number of rotatable bonds is 8. The number of ether oxygens (including phenoxy) is 1. The van der Waals surface area contributed by atoms with Crippen LogP contribution in [-0.4, -0.2) is 41.3 Å². The Morgan fingerprint density at radius 3 is 2.67 bits per heavy atom. The Balaban J connectivity index is 1.95. The Hall–Kier alpha value is -1.72. The fourth-order valence-corrected chi connectivity index (χ4v) is 2.11. The van der Waals surface area contributed by atoms with Crippen molar-refractivity contribution in [3.8, 4) is 0 Å². The van der Waals surface area contributed by atoms with Crippen LogP contribution in [0.3, 0.4) is 0 Å². The molecule has 2 rings (SSSR count). The van der Waals surface area contributed by atoms with Crippen LogP contribution in [0.2, 0.25) is 0 Å². The van der Waals surface area contributed by atoms with Crippen molar-refractivity contribution < 1.29 is 9.26 Å². The molecule has 0 amide bonds. The van der Waals surface area contributed by atoms with E-state index in [0.717, 1.165) is 12.4 Å². The molecule has 0 aliphatic carbocycles. The lowest BCUT2D eigenvalue weighted by Crippen LogP contribution is -2.33. The SMILES string of the molecule is COCCN(Cc1nc(Cc2ccccc2)no1)C(C)C. The van der Waals surface area contributed by atoms with Crippen molar-refractivity contribution in [2.45, 2.75) is 32.9 Å².